The van der Waals surface area contributed by atoms with Gasteiger partial charge in [-0.15, -0.1) is 5.10 Å². The molecule has 39 heavy (non-hydrogen) atoms. The van der Waals surface area contributed by atoms with Crippen LogP contribution < -0.4 is 14.8 Å². The first kappa shape index (κ1) is 25.5. The number of hydrogen-bond acceptors (Lipinski definition) is 4. The van der Waals surface area contributed by atoms with Crippen molar-refractivity contribution in [2.75, 3.05) is 19.0 Å². The zero-order valence-electron chi connectivity index (χ0n) is 21.9. The Morgan fingerprint density at radius 1 is 0.949 bits per heavy atom. The van der Waals surface area contributed by atoms with Crippen molar-refractivity contribution < 1.29 is 9.47 Å². The lowest BCUT2D eigenvalue weighted by molar-refractivity contribution is 0.340. The van der Waals surface area contributed by atoms with E-state index in [0.717, 1.165) is 76.8 Å². The Labute approximate surface area is 238 Å². The van der Waals surface area contributed by atoms with Crippen LogP contribution in [0.25, 0.3) is 28.2 Å². The maximum atomic E-state index is 6.27. The molecule has 5 aromatic rings. The van der Waals surface area contributed by atoms with Crippen LogP contribution in [-0.4, -0.2) is 32.9 Å². The van der Waals surface area contributed by atoms with E-state index in [9.17, 15) is 0 Å². The van der Waals surface area contributed by atoms with Gasteiger partial charge in [0, 0.05) is 33.9 Å². The highest BCUT2D eigenvalue weighted by Gasteiger charge is 2.29. The summed E-state index contributed by atoms with van der Waals surface area (Å²) in [6.45, 7) is 3.49. The van der Waals surface area contributed by atoms with Gasteiger partial charge in [0.15, 0.2) is 5.82 Å². The number of aryl methyl sites for hydroxylation is 2. The second-order valence-corrected chi connectivity index (χ2v) is 10.4. The maximum Gasteiger partial charge on any atom is 0.162 e. The Bertz CT molecular complexity index is 1640. The van der Waals surface area contributed by atoms with Crippen LogP contribution in [0, 0.1) is 0 Å². The summed E-state index contributed by atoms with van der Waals surface area (Å²) in [5.74, 6) is 2.57. The predicted molar refractivity (Wildman–Crippen MR) is 161 cm³/mol. The van der Waals surface area contributed by atoms with Gasteiger partial charge in [-0.3, -0.25) is 0 Å². The number of halogens is 1. The van der Waals surface area contributed by atoms with E-state index >= 15 is 0 Å². The molecule has 0 radical (unpaired) electrons. The molecule has 198 valence electrons. The van der Waals surface area contributed by atoms with Gasteiger partial charge in [0.1, 0.15) is 27.8 Å². The molecule has 0 aliphatic carbocycles. The van der Waals surface area contributed by atoms with Crippen molar-refractivity contribution >= 4 is 40.1 Å². The minimum absolute atomic E-state index is 0.608. The largest absolute Gasteiger partial charge is 0.497 e. The molecule has 3 heterocycles. The summed E-state index contributed by atoms with van der Waals surface area (Å²) in [7, 11) is 1.68. The standard InChI is InChI=1S/C31H29ClN4O2S/c1-3-38-25-17-13-23(14-18-25)33-30(39)28-27(20-7-11-22(32)12-8-20)26-6-4-5-19-35-29(34-36(28)31(26)35)21-9-15-24(37-2)16-10-21/h7-18H,3-6,19H2,1-2H3,(H,33,39). The highest BCUT2D eigenvalue weighted by atomic mass is 35.5. The minimum atomic E-state index is 0.608. The molecule has 1 aliphatic heterocycles. The first-order valence-corrected chi connectivity index (χ1v) is 13.9. The van der Waals surface area contributed by atoms with E-state index in [4.69, 9.17) is 38.4 Å². The van der Waals surface area contributed by atoms with Gasteiger partial charge in [-0.1, -0.05) is 36.0 Å². The Morgan fingerprint density at radius 2 is 1.64 bits per heavy atom. The molecular formula is C31H29ClN4O2S. The molecule has 0 amide bonds. The van der Waals surface area contributed by atoms with Crippen LogP contribution >= 0.6 is 23.8 Å². The second-order valence-electron chi connectivity index (χ2n) is 9.52. The monoisotopic (exact) mass is 556 g/mol. The second kappa shape index (κ2) is 10.8. The molecule has 6 rings (SSSR count). The molecular weight excluding hydrogens is 528 g/mol. The average molecular weight is 557 g/mol. The van der Waals surface area contributed by atoms with Gasteiger partial charge in [-0.05, 0) is 92.4 Å². The van der Waals surface area contributed by atoms with Crippen LogP contribution in [0.2, 0.25) is 5.02 Å². The van der Waals surface area contributed by atoms with Crippen molar-refractivity contribution in [2.24, 2.45) is 0 Å². The third-order valence-corrected chi connectivity index (χ3v) is 7.65. The zero-order chi connectivity index (χ0) is 26.9. The molecule has 0 unspecified atom stereocenters. The summed E-state index contributed by atoms with van der Waals surface area (Å²) in [5.41, 5.74) is 7.34. The molecule has 6 nitrogen and oxygen atoms in total. The van der Waals surface area contributed by atoms with Crippen LogP contribution in [0.15, 0.2) is 72.8 Å². The SMILES string of the molecule is CCOc1ccc(NC(=S)c2c(-c3ccc(Cl)cc3)c3c4n(c(-c5ccc(OC)cc5)nn24)CCCC3)cc1. The van der Waals surface area contributed by atoms with E-state index in [1.807, 2.05) is 60.0 Å². The number of nitrogens with one attached hydrogen (secondary N) is 1. The predicted octanol–water partition coefficient (Wildman–Crippen LogP) is 7.65. The minimum Gasteiger partial charge on any atom is -0.497 e. The van der Waals surface area contributed by atoms with Gasteiger partial charge < -0.3 is 19.4 Å². The summed E-state index contributed by atoms with van der Waals surface area (Å²) in [4.78, 5) is 0.608. The molecule has 1 N–H and O–H groups in total. The Hall–Kier alpha value is -3.81. The lowest BCUT2D eigenvalue weighted by atomic mass is 9.98. The highest BCUT2D eigenvalue weighted by molar-refractivity contribution is 7.81. The van der Waals surface area contributed by atoms with Crippen LogP contribution in [0.5, 0.6) is 11.5 Å². The number of ether oxygens (including phenoxy) is 2. The van der Waals surface area contributed by atoms with Gasteiger partial charge in [-0.25, -0.2) is 4.52 Å². The Morgan fingerprint density at radius 3 is 2.33 bits per heavy atom. The van der Waals surface area contributed by atoms with E-state index < -0.39 is 0 Å². The molecule has 2 aromatic heterocycles. The zero-order valence-corrected chi connectivity index (χ0v) is 23.5. The first-order chi connectivity index (χ1) is 19.1. The molecule has 0 bridgehead atoms. The number of benzene rings is 3. The van der Waals surface area contributed by atoms with E-state index in [0.29, 0.717) is 16.6 Å². The first-order valence-electron chi connectivity index (χ1n) is 13.2. The Kier molecular flexibility index (Phi) is 7.02. The maximum absolute atomic E-state index is 6.27. The molecule has 8 heteroatoms. The van der Waals surface area contributed by atoms with Gasteiger partial charge >= 0.3 is 0 Å². The summed E-state index contributed by atoms with van der Waals surface area (Å²) in [6.07, 6.45) is 3.11. The van der Waals surface area contributed by atoms with Crippen molar-refractivity contribution in [3.63, 3.8) is 0 Å². The smallest absolute Gasteiger partial charge is 0.162 e. The number of anilines is 1. The summed E-state index contributed by atoms with van der Waals surface area (Å²) in [6, 6.07) is 23.9. The van der Waals surface area contributed by atoms with Crippen molar-refractivity contribution in [1.29, 1.82) is 0 Å². The third kappa shape index (κ3) is 4.77. The fourth-order valence-corrected chi connectivity index (χ4v) is 5.75. The topological polar surface area (TPSA) is 52.7 Å². The molecule has 0 saturated heterocycles. The van der Waals surface area contributed by atoms with Gasteiger partial charge in [0.05, 0.1) is 13.7 Å². The fourth-order valence-electron chi connectivity index (χ4n) is 5.32. The number of hydrogen-bond donors (Lipinski definition) is 1. The normalized spacial score (nSPS) is 12.8. The summed E-state index contributed by atoms with van der Waals surface area (Å²) < 4.78 is 15.4. The average Bonchev–Trinajstić information content (AvgIpc) is 3.37. The lowest BCUT2D eigenvalue weighted by Crippen LogP contribution is -2.15. The van der Waals surface area contributed by atoms with Gasteiger partial charge in [0.25, 0.3) is 0 Å². The number of nitrogens with zero attached hydrogens (tertiary/aromatic N) is 3. The molecule has 0 fully saturated rings. The quantitative estimate of drug-likeness (QED) is 0.209. The summed E-state index contributed by atoms with van der Waals surface area (Å²) in [5, 5.41) is 9.35. The number of aromatic nitrogens is 3. The van der Waals surface area contributed by atoms with E-state index in [-0.39, 0.29) is 0 Å². The van der Waals surface area contributed by atoms with E-state index in [1.165, 1.54) is 5.56 Å². The highest BCUT2D eigenvalue weighted by Crippen LogP contribution is 2.39. The van der Waals surface area contributed by atoms with Gasteiger partial charge in [-0.2, -0.15) is 0 Å². The van der Waals surface area contributed by atoms with Crippen molar-refractivity contribution in [1.82, 2.24) is 14.2 Å². The lowest BCUT2D eigenvalue weighted by Gasteiger charge is -2.12. The van der Waals surface area contributed by atoms with Crippen molar-refractivity contribution in [2.45, 2.75) is 32.7 Å². The molecule has 3 aromatic carbocycles. The Balaban J connectivity index is 1.53. The molecule has 0 saturated carbocycles. The third-order valence-electron chi connectivity index (χ3n) is 7.10. The van der Waals surface area contributed by atoms with Crippen LogP contribution in [0.3, 0.4) is 0 Å². The van der Waals surface area contributed by atoms with Crippen LogP contribution in [-0.2, 0) is 13.0 Å². The summed E-state index contributed by atoms with van der Waals surface area (Å²) >= 11 is 12.4. The molecule has 0 spiro atoms. The van der Waals surface area contributed by atoms with Crippen LogP contribution in [0.4, 0.5) is 5.69 Å². The van der Waals surface area contributed by atoms with Crippen molar-refractivity contribution in [3.8, 4) is 34.0 Å². The van der Waals surface area contributed by atoms with Gasteiger partial charge in [0.2, 0.25) is 0 Å². The number of methoxy groups -OCH3 is 1. The number of rotatable bonds is 7. The number of thiocarbonyl (C=S) groups is 1. The fraction of sp³-hybridized carbons (Fsp3) is 0.226. The van der Waals surface area contributed by atoms with Crippen LogP contribution in [0.1, 0.15) is 31.0 Å². The van der Waals surface area contributed by atoms with E-state index in [2.05, 4.69) is 34.1 Å². The molecule has 0 atom stereocenters. The van der Waals surface area contributed by atoms with Crippen molar-refractivity contribution in [3.05, 3.63) is 89.1 Å². The van der Waals surface area contributed by atoms with E-state index in [1.54, 1.807) is 7.11 Å². The molecule has 1 aliphatic rings.